The molecule has 0 fully saturated rings. The van der Waals surface area contributed by atoms with Crippen molar-refractivity contribution in [1.82, 2.24) is 0 Å². The average Bonchev–Trinajstić information content (AvgIpc) is 2.09. The van der Waals surface area contributed by atoms with E-state index in [4.69, 9.17) is 15.3 Å². The number of hydrogen-bond acceptors (Lipinski definition) is 4. The molecule has 0 aromatic heterocycles. The molecular formula is C8H14O4. The van der Waals surface area contributed by atoms with E-state index in [1.807, 2.05) is 0 Å². The van der Waals surface area contributed by atoms with Gasteiger partial charge in [0.15, 0.2) is 0 Å². The first kappa shape index (κ1) is 11.3. The molecule has 0 aliphatic carbocycles. The minimum atomic E-state index is -1.41. The van der Waals surface area contributed by atoms with Crippen molar-refractivity contribution in [2.24, 2.45) is 5.41 Å². The van der Waals surface area contributed by atoms with Gasteiger partial charge < -0.3 is 15.3 Å². The molecule has 0 atom stereocenters. The van der Waals surface area contributed by atoms with Gasteiger partial charge in [0.1, 0.15) is 5.78 Å². The number of aliphatic hydroxyl groups excluding tert-OH is 3. The summed E-state index contributed by atoms with van der Waals surface area (Å²) >= 11 is 0. The molecule has 0 amide bonds. The number of ketones is 1. The van der Waals surface area contributed by atoms with E-state index in [0.29, 0.717) is 0 Å². The smallest absolute Gasteiger partial charge is 0.149 e. The molecular weight excluding hydrogens is 160 g/mol. The van der Waals surface area contributed by atoms with Gasteiger partial charge in [0.05, 0.1) is 25.2 Å². The van der Waals surface area contributed by atoms with Crippen molar-refractivity contribution in [2.45, 2.75) is 6.42 Å². The largest absolute Gasteiger partial charge is 0.395 e. The molecule has 0 aromatic carbocycles. The van der Waals surface area contributed by atoms with Gasteiger partial charge in [0.2, 0.25) is 0 Å². The molecule has 3 N–H and O–H groups in total. The van der Waals surface area contributed by atoms with Crippen LogP contribution in [0.4, 0.5) is 0 Å². The molecule has 4 nitrogen and oxygen atoms in total. The maximum atomic E-state index is 11.2. The van der Waals surface area contributed by atoms with Gasteiger partial charge in [0, 0.05) is 6.42 Å². The molecule has 0 radical (unpaired) electrons. The summed E-state index contributed by atoms with van der Waals surface area (Å²) in [5.74, 6) is -0.398. The number of aliphatic hydroxyl groups is 3. The van der Waals surface area contributed by atoms with Crippen LogP contribution in [0.2, 0.25) is 0 Å². The summed E-state index contributed by atoms with van der Waals surface area (Å²) in [7, 11) is 0. The summed E-state index contributed by atoms with van der Waals surface area (Å²) in [6.07, 6.45) is 1.42. The lowest BCUT2D eigenvalue weighted by atomic mass is 9.84. The number of Topliss-reactive ketones (excluding diaryl/α,β-unsaturated/α-hetero) is 1. The Labute approximate surface area is 71.1 Å². The van der Waals surface area contributed by atoms with Gasteiger partial charge in [-0.3, -0.25) is 4.79 Å². The lowest BCUT2D eigenvalue weighted by molar-refractivity contribution is -0.136. The first-order valence-corrected chi connectivity index (χ1v) is 3.63. The fourth-order valence-electron chi connectivity index (χ4n) is 0.762. The zero-order chi connectivity index (χ0) is 9.61. The zero-order valence-electron chi connectivity index (χ0n) is 6.86. The van der Waals surface area contributed by atoms with Gasteiger partial charge >= 0.3 is 0 Å². The highest BCUT2D eigenvalue weighted by Crippen LogP contribution is 2.18. The summed E-state index contributed by atoms with van der Waals surface area (Å²) in [4.78, 5) is 11.2. The Balaban J connectivity index is 4.46. The highest BCUT2D eigenvalue weighted by atomic mass is 16.3. The van der Waals surface area contributed by atoms with Crippen LogP contribution in [-0.2, 0) is 4.79 Å². The van der Waals surface area contributed by atoms with Crippen LogP contribution >= 0.6 is 0 Å². The Kier molecular flexibility index (Phi) is 4.73. The third-order valence-corrected chi connectivity index (χ3v) is 1.83. The molecule has 0 unspecified atom stereocenters. The average molecular weight is 174 g/mol. The molecule has 0 spiro atoms. The molecule has 4 heteroatoms. The number of allylic oxidation sites excluding steroid dienone is 1. The van der Waals surface area contributed by atoms with Crippen LogP contribution in [0, 0.1) is 5.41 Å². The summed E-state index contributed by atoms with van der Waals surface area (Å²) in [6.45, 7) is 1.70. The topological polar surface area (TPSA) is 77.8 Å². The number of rotatable bonds is 6. The minimum absolute atomic E-state index is 0.0433. The Hall–Kier alpha value is -0.710. The van der Waals surface area contributed by atoms with Crippen molar-refractivity contribution in [2.75, 3.05) is 19.8 Å². The van der Waals surface area contributed by atoms with Crippen molar-refractivity contribution in [3.05, 3.63) is 12.7 Å². The third-order valence-electron chi connectivity index (χ3n) is 1.83. The summed E-state index contributed by atoms with van der Waals surface area (Å²) < 4.78 is 0. The second-order valence-electron chi connectivity index (χ2n) is 2.67. The summed E-state index contributed by atoms with van der Waals surface area (Å²) in [6, 6.07) is 0. The van der Waals surface area contributed by atoms with Gasteiger partial charge in [0.25, 0.3) is 0 Å². The van der Waals surface area contributed by atoms with Gasteiger partial charge in [-0.15, -0.1) is 6.58 Å². The number of carbonyl (C=O) groups is 1. The van der Waals surface area contributed by atoms with Crippen molar-refractivity contribution in [3.8, 4) is 0 Å². The van der Waals surface area contributed by atoms with Gasteiger partial charge in [-0.1, -0.05) is 6.08 Å². The SMILES string of the molecule is C=CCC(=O)C(CO)(CO)CO. The molecule has 0 aliphatic heterocycles. The molecule has 12 heavy (non-hydrogen) atoms. The van der Waals surface area contributed by atoms with E-state index in [9.17, 15) is 4.79 Å². The molecule has 0 aliphatic rings. The summed E-state index contributed by atoms with van der Waals surface area (Å²) in [5.41, 5.74) is -1.41. The molecule has 0 aromatic rings. The standard InChI is InChI=1S/C8H14O4/c1-2-3-7(12)8(4-9,5-10)6-11/h2,9-11H,1,3-6H2. The van der Waals surface area contributed by atoms with Crippen LogP contribution < -0.4 is 0 Å². The Morgan fingerprint density at radius 1 is 1.25 bits per heavy atom. The quantitative estimate of drug-likeness (QED) is 0.456. The van der Waals surface area contributed by atoms with Crippen LogP contribution in [-0.4, -0.2) is 40.9 Å². The molecule has 0 heterocycles. The van der Waals surface area contributed by atoms with Gasteiger partial charge in [-0.2, -0.15) is 0 Å². The van der Waals surface area contributed by atoms with Crippen LogP contribution in [0.5, 0.6) is 0 Å². The second-order valence-corrected chi connectivity index (χ2v) is 2.67. The molecule has 0 saturated carbocycles. The first-order chi connectivity index (χ1) is 5.66. The van der Waals surface area contributed by atoms with Gasteiger partial charge in [-0.05, 0) is 0 Å². The predicted molar refractivity (Wildman–Crippen MR) is 43.5 cm³/mol. The monoisotopic (exact) mass is 174 g/mol. The van der Waals surface area contributed by atoms with E-state index < -0.39 is 31.0 Å². The Bertz CT molecular complexity index is 152. The normalized spacial score (nSPS) is 11.2. The van der Waals surface area contributed by atoms with Crippen LogP contribution in [0.25, 0.3) is 0 Å². The molecule has 0 rings (SSSR count). The zero-order valence-corrected chi connectivity index (χ0v) is 6.86. The lowest BCUT2D eigenvalue weighted by Gasteiger charge is -2.24. The first-order valence-electron chi connectivity index (χ1n) is 3.63. The van der Waals surface area contributed by atoms with E-state index >= 15 is 0 Å². The maximum absolute atomic E-state index is 11.2. The Morgan fingerprint density at radius 3 is 1.92 bits per heavy atom. The second kappa shape index (κ2) is 5.03. The van der Waals surface area contributed by atoms with Crippen molar-refractivity contribution >= 4 is 5.78 Å². The van der Waals surface area contributed by atoms with Crippen molar-refractivity contribution < 1.29 is 20.1 Å². The minimum Gasteiger partial charge on any atom is -0.395 e. The third kappa shape index (κ3) is 2.14. The van der Waals surface area contributed by atoms with Crippen molar-refractivity contribution in [1.29, 1.82) is 0 Å². The van der Waals surface area contributed by atoms with Crippen LogP contribution in [0.15, 0.2) is 12.7 Å². The van der Waals surface area contributed by atoms with E-state index in [0.717, 1.165) is 0 Å². The predicted octanol–water partition coefficient (Wildman–Crippen LogP) is -0.905. The highest BCUT2D eigenvalue weighted by molar-refractivity contribution is 5.86. The van der Waals surface area contributed by atoms with E-state index in [-0.39, 0.29) is 6.42 Å². The molecule has 0 saturated heterocycles. The fraction of sp³-hybridized carbons (Fsp3) is 0.625. The van der Waals surface area contributed by atoms with Gasteiger partial charge in [-0.25, -0.2) is 0 Å². The van der Waals surface area contributed by atoms with E-state index in [1.165, 1.54) is 6.08 Å². The number of hydrogen-bond donors (Lipinski definition) is 3. The van der Waals surface area contributed by atoms with E-state index in [2.05, 4.69) is 6.58 Å². The Morgan fingerprint density at radius 2 is 1.67 bits per heavy atom. The highest BCUT2D eigenvalue weighted by Gasteiger charge is 2.35. The van der Waals surface area contributed by atoms with Crippen molar-refractivity contribution in [3.63, 3.8) is 0 Å². The lowest BCUT2D eigenvalue weighted by Crippen LogP contribution is -2.41. The molecule has 70 valence electrons. The number of carbonyl (C=O) groups excluding carboxylic acids is 1. The molecule has 0 bridgehead atoms. The maximum Gasteiger partial charge on any atom is 0.149 e. The van der Waals surface area contributed by atoms with E-state index in [1.54, 1.807) is 0 Å². The fourth-order valence-corrected chi connectivity index (χ4v) is 0.762. The van der Waals surface area contributed by atoms with Crippen LogP contribution in [0.3, 0.4) is 0 Å². The van der Waals surface area contributed by atoms with Crippen LogP contribution in [0.1, 0.15) is 6.42 Å². The summed E-state index contributed by atoms with van der Waals surface area (Å²) in [5, 5.41) is 26.4.